The van der Waals surface area contributed by atoms with E-state index in [1.165, 1.54) is 22.0 Å². The Morgan fingerprint density at radius 3 is 2.90 bits per heavy atom. The third-order valence-corrected chi connectivity index (χ3v) is 4.42. The van der Waals surface area contributed by atoms with E-state index in [0.717, 1.165) is 0 Å². The number of carbonyl (C=O) groups excluding carboxylic acids is 2. The van der Waals surface area contributed by atoms with Crippen molar-refractivity contribution in [1.29, 1.82) is 0 Å². The quantitative estimate of drug-likeness (QED) is 0.550. The first kappa shape index (κ1) is 20.2. The van der Waals surface area contributed by atoms with E-state index < -0.39 is 5.91 Å². The number of carbonyl (C=O) groups is 2. The van der Waals surface area contributed by atoms with Crippen LogP contribution in [0.15, 0.2) is 43.1 Å². The number of hydrogen-bond acceptors (Lipinski definition) is 5. The number of nitrogens with zero attached hydrogens (tertiary/aromatic N) is 6. The molecular weight excluding hydrogens is 377 g/mol. The molecule has 0 radical (unpaired) electrons. The minimum absolute atomic E-state index is 0.0252. The fourth-order valence-electron chi connectivity index (χ4n) is 2.80. The van der Waals surface area contributed by atoms with Crippen LogP contribution in [0.3, 0.4) is 0 Å². The van der Waals surface area contributed by atoms with E-state index >= 15 is 0 Å². The van der Waals surface area contributed by atoms with Gasteiger partial charge >= 0.3 is 0 Å². The van der Waals surface area contributed by atoms with E-state index in [1.807, 2.05) is 11.5 Å². The van der Waals surface area contributed by atoms with E-state index in [2.05, 4.69) is 20.4 Å². The van der Waals surface area contributed by atoms with Gasteiger partial charge in [-0.2, -0.15) is 0 Å². The summed E-state index contributed by atoms with van der Waals surface area (Å²) in [6.45, 7) is 2.63. The number of amides is 2. The van der Waals surface area contributed by atoms with Gasteiger partial charge in [-0.25, -0.2) is 19.0 Å². The third kappa shape index (κ3) is 5.03. The maximum Gasteiger partial charge on any atom is 0.291 e. The van der Waals surface area contributed by atoms with Crippen LogP contribution >= 0.6 is 0 Å². The first-order valence-electron chi connectivity index (χ1n) is 9.10. The van der Waals surface area contributed by atoms with E-state index in [9.17, 15) is 14.0 Å². The number of imidazole rings is 1. The Labute approximate surface area is 167 Å². The molecule has 1 aromatic carbocycles. The molecule has 0 fully saturated rings. The standard InChI is InChI=1S/C19H22FN7O2/c1-14(7-8-26-11-21-9-17(26)25(2)13-28)23-19(29)18-22-12-27(24-18)10-15-5-3-4-6-16(15)20/h3-6,9,11-14H,7-8,10H2,1-2H3,(H,23,29). The Balaban J connectivity index is 1.54. The van der Waals surface area contributed by atoms with E-state index in [0.29, 0.717) is 30.8 Å². The topological polar surface area (TPSA) is 97.9 Å². The monoisotopic (exact) mass is 399 g/mol. The normalized spacial score (nSPS) is 11.8. The Kier molecular flexibility index (Phi) is 6.32. The molecule has 0 aliphatic carbocycles. The van der Waals surface area contributed by atoms with Gasteiger partial charge in [-0.3, -0.25) is 9.59 Å². The highest BCUT2D eigenvalue weighted by Gasteiger charge is 2.16. The van der Waals surface area contributed by atoms with Crippen molar-refractivity contribution in [2.45, 2.75) is 32.5 Å². The van der Waals surface area contributed by atoms with Gasteiger partial charge < -0.3 is 14.8 Å². The number of halogens is 1. The predicted molar refractivity (Wildman–Crippen MR) is 104 cm³/mol. The van der Waals surface area contributed by atoms with Crippen LogP contribution in [-0.4, -0.2) is 49.7 Å². The Bertz CT molecular complexity index is 984. The highest BCUT2D eigenvalue weighted by atomic mass is 19.1. The molecule has 2 aromatic heterocycles. The van der Waals surface area contributed by atoms with E-state index in [-0.39, 0.29) is 24.2 Å². The maximum absolute atomic E-state index is 13.7. The van der Waals surface area contributed by atoms with Gasteiger partial charge in [0.25, 0.3) is 5.91 Å². The summed E-state index contributed by atoms with van der Waals surface area (Å²) in [6, 6.07) is 6.23. The second-order valence-electron chi connectivity index (χ2n) is 6.68. The van der Waals surface area contributed by atoms with Gasteiger partial charge in [0.1, 0.15) is 18.0 Å². The summed E-state index contributed by atoms with van der Waals surface area (Å²) >= 11 is 0. The summed E-state index contributed by atoms with van der Waals surface area (Å²) in [6.07, 6.45) is 5.97. The van der Waals surface area contributed by atoms with Gasteiger partial charge in [-0.1, -0.05) is 18.2 Å². The summed E-state index contributed by atoms with van der Waals surface area (Å²) in [7, 11) is 1.65. The second kappa shape index (κ2) is 9.09. The van der Waals surface area contributed by atoms with E-state index in [4.69, 9.17) is 0 Å². The van der Waals surface area contributed by atoms with Gasteiger partial charge in [-0.05, 0) is 19.4 Å². The van der Waals surface area contributed by atoms with Gasteiger partial charge in [0.2, 0.25) is 12.2 Å². The number of nitrogens with one attached hydrogen (secondary N) is 1. The van der Waals surface area contributed by atoms with Crippen LogP contribution in [0.4, 0.5) is 10.2 Å². The first-order valence-corrected chi connectivity index (χ1v) is 9.10. The highest BCUT2D eigenvalue weighted by Crippen LogP contribution is 2.12. The lowest BCUT2D eigenvalue weighted by molar-refractivity contribution is -0.107. The SMILES string of the molecule is CC(CCn1cncc1N(C)C=O)NC(=O)c1ncn(Cc2ccccc2F)n1. The molecule has 152 valence electrons. The molecule has 9 nitrogen and oxygen atoms in total. The molecule has 10 heteroatoms. The van der Waals surface area contributed by atoms with Crippen LogP contribution in [0.2, 0.25) is 0 Å². The molecule has 0 spiro atoms. The number of benzene rings is 1. The number of aryl methyl sites for hydroxylation is 1. The van der Waals surface area contributed by atoms with Crippen molar-refractivity contribution in [1.82, 2.24) is 29.6 Å². The van der Waals surface area contributed by atoms with Gasteiger partial charge in [0.05, 0.1) is 19.1 Å². The summed E-state index contributed by atoms with van der Waals surface area (Å²) in [5.41, 5.74) is 0.467. The van der Waals surface area contributed by atoms with Crippen molar-refractivity contribution in [2.24, 2.45) is 0 Å². The number of rotatable bonds is 9. The van der Waals surface area contributed by atoms with E-state index in [1.54, 1.807) is 37.8 Å². The van der Waals surface area contributed by atoms with Crippen molar-refractivity contribution < 1.29 is 14.0 Å². The summed E-state index contributed by atoms with van der Waals surface area (Å²) in [5.74, 6) is -0.0355. The molecule has 1 atom stereocenters. The molecule has 1 N–H and O–H groups in total. The van der Waals surface area contributed by atoms with Crippen molar-refractivity contribution in [3.63, 3.8) is 0 Å². The minimum Gasteiger partial charge on any atom is -0.347 e. The third-order valence-electron chi connectivity index (χ3n) is 4.42. The van der Waals surface area contributed by atoms with Crippen LogP contribution in [0.1, 0.15) is 29.5 Å². The lowest BCUT2D eigenvalue weighted by Gasteiger charge is -2.16. The summed E-state index contributed by atoms with van der Waals surface area (Å²) in [5, 5.41) is 6.97. The average molecular weight is 399 g/mol. The lowest BCUT2D eigenvalue weighted by Crippen LogP contribution is -2.34. The molecule has 0 saturated carbocycles. The van der Waals surface area contributed by atoms with Crippen molar-refractivity contribution in [3.05, 3.63) is 60.3 Å². The van der Waals surface area contributed by atoms with Gasteiger partial charge in [0.15, 0.2) is 0 Å². The molecule has 0 aliphatic rings. The van der Waals surface area contributed by atoms with Crippen LogP contribution in [-0.2, 0) is 17.9 Å². The van der Waals surface area contributed by atoms with Gasteiger partial charge in [-0.15, -0.1) is 5.10 Å². The Hall–Kier alpha value is -3.56. The molecule has 29 heavy (non-hydrogen) atoms. The molecule has 3 aromatic rings. The zero-order chi connectivity index (χ0) is 20.8. The molecule has 2 heterocycles. The predicted octanol–water partition coefficient (Wildman–Crippen LogP) is 1.46. The summed E-state index contributed by atoms with van der Waals surface area (Å²) < 4.78 is 17.0. The van der Waals surface area contributed by atoms with Gasteiger partial charge in [0, 0.05) is 25.2 Å². The molecule has 2 amide bonds. The first-order chi connectivity index (χ1) is 14.0. The average Bonchev–Trinajstić information content (AvgIpc) is 3.37. The fraction of sp³-hybridized carbons (Fsp3) is 0.316. The maximum atomic E-state index is 13.7. The number of anilines is 1. The molecule has 1 unspecified atom stereocenters. The van der Waals surface area contributed by atoms with Crippen molar-refractivity contribution in [2.75, 3.05) is 11.9 Å². The largest absolute Gasteiger partial charge is 0.347 e. The molecule has 0 bridgehead atoms. The highest BCUT2D eigenvalue weighted by molar-refractivity contribution is 5.90. The van der Waals surface area contributed by atoms with Crippen molar-refractivity contribution in [3.8, 4) is 0 Å². The lowest BCUT2D eigenvalue weighted by atomic mass is 10.2. The van der Waals surface area contributed by atoms with Crippen molar-refractivity contribution >= 4 is 18.1 Å². The minimum atomic E-state index is -0.402. The van der Waals surface area contributed by atoms with Crippen LogP contribution in [0.25, 0.3) is 0 Å². The Morgan fingerprint density at radius 2 is 2.14 bits per heavy atom. The molecule has 3 rings (SSSR count). The fourth-order valence-corrected chi connectivity index (χ4v) is 2.80. The van der Waals surface area contributed by atoms with Crippen LogP contribution < -0.4 is 10.2 Å². The molecule has 0 aliphatic heterocycles. The molecule has 0 saturated heterocycles. The number of aromatic nitrogens is 5. The summed E-state index contributed by atoms with van der Waals surface area (Å²) in [4.78, 5) is 32.8. The zero-order valence-corrected chi connectivity index (χ0v) is 16.2. The Morgan fingerprint density at radius 1 is 1.34 bits per heavy atom. The van der Waals surface area contributed by atoms with Crippen LogP contribution in [0.5, 0.6) is 0 Å². The van der Waals surface area contributed by atoms with Crippen LogP contribution in [0, 0.1) is 5.82 Å². The zero-order valence-electron chi connectivity index (χ0n) is 16.2. The second-order valence-corrected chi connectivity index (χ2v) is 6.68. The molecular formula is C19H22FN7O2. The number of hydrogen-bond donors (Lipinski definition) is 1. The smallest absolute Gasteiger partial charge is 0.291 e.